The highest BCUT2D eigenvalue weighted by molar-refractivity contribution is 5.52. The van der Waals surface area contributed by atoms with Crippen molar-refractivity contribution in [3.63, 3.8) is 0 Å². The Morgan fingerprint density at radius 2 is 2.11 bits per heavy atom. The van der Waals surface area contributed by atoms with E-state index >= 15 is 0 Å². The number of likely N-dealkylation sites (tertiary alicyclic amines) is 1. The van der Waals surface area contributed by atoms with Crippen LogP contribution in [0.4, 0.5) is 4.39 Å². The third kappa shape index (κ3) is 4.11. The molecule has 0 radical (unpaired) electrons. The van der Waals surface area contributed by atoms with Crippen LogP contribution in [0.2, 0.25) is 0 Å². The molecule has 1 atom stereocenters. The van der Waals surface area contributed by atoms with Gasteiger partial charge in [0.05, 0.1) is 5.69 Å². The van der Waals surface area contributed by atoms with E-state index in [4.69, 9.17) is 4.98 Å². The highest BCUT2D eigenvalue weighted by atomic mass is 19.1. The van der Waals surface area contributed by atoms with Crippen molar-refractivity contribution >= 4 is 0 Å². The van der Waals surface area contributed by atoms with Crippen molar-refractivity contribution in [1.82, 2.24) is 19.9 Å². The van der Waals surface area contributed by atoms with Crippen molar-refractivity contribution in [3.8, 4) is 11.4 Å². The van der Waals surface area contributed by atoms with Crippen LogP contribution in [0.3, 0.4) is 0 Å². The zero-order valence-corrected chi connectivity index (χ0v) is 14.9. The SMILES string of the molecule is O=c1cc(C2CCCN(Cc3ccccc3F)C2)nc(-c2cccnc2)[nH]1. The molecule has 1 N–H and O–H groups in total. The van der Waals surface area contributed by atoms with Crippen LogP contribution in [0.25, 0.3) is 11.4 Å². The number of halogens is 1. The number of hydrogen-bond acceptors (Lipinski definition) is 4. The number of benzene rings is 1. The Labute approximate surface area is 156 Å². The lowest BCUT2D eigenvalue weighted by atomic mass is 9.94. The van der Waals surface area contributed by atoms with Crippen molar-refractivity contribution < 1.29 is 4.39 Å². The summed E-state index contributed by atoms with van der Waals surface area (Å²) < 4.78 is 14.0. The largest absolute Gasteiger partial charge is 0.306 e. The number of piperidine rings is 1. The van der Waals surface area contributed by atoms with E-state index in [0.29, 0.717) is 17.9 Å². The number of rotatable bonds is 4. The summed E-state index contributed by atoms with van der Waals surface area (Å²) in [6, 6.07) is 12.2. The number of pyridine rings is 1. The number of aromatic nitrogens is 3. The maximum Gasteiger partial charge on any atom is 0.251 e. The van der Waals surface area contributed by atoms with Crippen molar-refractivity contribution in [1.29, 1.82) is 0 Å². The van der Waals surface area contributed by atoms with Gasteiger partial charge in [0.2, 0.25) is 0 Å². The smallest absolute Gasteiger partial charge is 0.251 e. The van der Waals surface area contributed by atoms with Crippen LogP contribution in [0, 0.1) is 5.82 Å². The number of nitrogens with one attached hydrogen (secondary N) is 1. The molecule has 0 spiro atoms. The maximum atomic E-state index is 14.0. The molecule has 1 aliphatic rings. The van der Waals surface area contributed by atoms with Crippen molar-refractivity contribution in [2.24, 2.45) is 0 Å². The molecular weight excluding hydrogens is 343 g/mol. The van der Waals surface area contributed by atoms with Crippen LogP contribution in [0.5, 0.6) is 0 Å². The molecule has 1 aliphatic heterocycles. The summed E-state index contributed by atoms with van der Waals surface area (Å²) in [7, 11) is 0. The lowest BCUT2D eigenvalue weighted by molar-refractivity contribution is 0.196. The highest BCUT2D eigenvalue weighted by Crippen LogP contribution is 2.27. The fourth-order valence-corrected chi connectivity index (χ4v) is 3.63. The van der Waals surface area contributed by atoms with Crippen molar-refractivity contribution in [2.45, 2.75) is 25.3 Å². The number of aromatic amines is 1. The Balaban J connectivity index is 1.55. The molecule has 138 valence electrons. The number of nitrogens with zero attached hydrogens (tertiary/aromatic N) is 3. The molecule has 0 aliphatic carbocycles. The lowest BCUT2D eigenvalue weighted by Crippen LogP contribution is -2.35. The third-order valence-electron chi connectivity index (χ3n) is 4.97. The minimum atomic E-state index is -0.173. The molecule has 1 unspecified atom stereocenters. The predicted molar refractivity (Wildman–Crippen MR) is 102 cm³/mol. The van der Waals surface area contributed by atoms with Gasteiger partial charge < -0.3 is 4.98 Å². The summed E-state index contributed by atoms with van der Waals surface area (Å²) in [5.74, 6) is 0.521. The molecule has 1 fully saturated rings. The number of H-pyrrole nitrogens is 1. The minimum absolute atomic E-state index is 0.156. The van der Waals surface area contributed by atoms with Crippen LogP contribution < -0.4 is 5.56 Å². The molecule has 0 bridgehead atoms. The Bertz CT molecular complexity index is 973. The zero-order chi connectivity index (χ0) is 18.6. The van der Waals surface area contributed by atoms with E-state index in [-0.39, 0.29) is 17.3 Å². The fourth-order valence-electron chi connectivity index (χ4n) is 3.63. The molecule has 3 aromatic rings. The second-order valence-corrected chi connectivity index (χ2v) is 6.93. The topological polar surface area (TPSA) is 61.9 Å². The first kappa shape index (κ1) is 17.5. The minimum Gasteiger partial charge on any atom is -0.306 e. The molecule has 0 saturated carbocycles. The van der Waals surface area contributed by atoms with Crippen LogP contribution in [-0.4, -0.2) is 32.9 Å². The van der Waals surface area contributed by atoms with E-state index in [1.807, 2.05) is 24.3 Å². The van der Waals surface area contributed by atoms with E-state index in [1.54, 1.807) is 24.5 Å². The second-order valence-electron chi connectivity index (χ2n) is 6.93. The van der Waals surface area contributed by atoms with E-state index in [1.165, 1.54) is 6.07 Å². The van der Waals surface area contributed by atoms with Gasteiger partial charge in [0.15, 0.2) is 0 Å². The van der Waals surface area contributed by atoms with Gasteiger partial charge in [-0.05, 0) is 37.6 Å². The fraction of sp³-hybridized carbons (Fsp3) is 0.286. The van der Waals surface area contributed by atoms with Gasteiger partial charge in [-0.1, -0.05) is 18.2 Å². The number of hydrogen-bond donors (Lipinski definition) is 1. The lowest BCUT2D eigenvalue weighted by Gasteiger charge is -2.32. The molecule has 1 aromatic carbocycles. The van der Waals surface area contributed by atoms with Crippen molar-refractivity contribution in [2.75, 3.05) is 13.1 Å². The molecule has 4 rings (SSSR count). The first-order chi connectivity index (χ1) is 13.2. The van der Waals surface area contributed by atoms with Crippen molar-refractivity contribution in [3.05, 3.63) is 82.3 Å². The first-order valence-corrected chi connectivity index (χ1v) is 9.16. The van der Waals surface area contributed by atoms with Crippen LogP contribution >= 0.6 is 0 Å². The van der Waals surface area contributed by atoms with Gasteiger partial charge in [-0.3, -0.25) is 14.7 Å². The average molecular weight is 364 g/mol. The molecule has 27 heavy (non-hydrogen) atoms. The summed E-state index contributed by atoms with van der Waals surface area (Å²) >= 11 is 0. The van der Waals surface area contributed by atoms with E-state index in [2.05, 4.69) is 14.9 Å². The Hall–Kier alpha value is -2.86. The summed E-state index contributed by atoms with van der Waals surface area (Å²) in [6.07, 6.45) is 5.34. The van der Waals surface area contributed by atoms with Crippen LogP contribution in [-0.2, 0) is 6.54 Å². The summed E-state index contributed by atoms with van der Waals surface area (Å²) in [4.78, 5) is 26.0. The van der Waals surface area contributed by atoms with Gasteiger partial charge in [0, 0.05) is 48.6 Å². The predicted octanol–water partition coefficient (Wildman–Crippen LogP) is 3.35. The van der Waals surface area contributed by atoms with Crippen LogP contribution in [0.1, 0.15) is 30.0 Å². The van der Waals surface area contributed by atoms with Gasteiger partial charge in [-0.25, -0.2) is 9.37 Å². The summed E-state index contributed by atoms with van der Waals surface area (Å²) in [5, 5.41) is 0. The first-order valence-electron chi connectivity index (χ1n) is 9.16. The Kier molecular flexibility index (Phi) is 5.07. The van der Waals surface area contributed by atoms with Gasteiger partial charge >= 0.3 is 0 Å². The molecular formula is C21H21FN4O. The Morgan fingerprint density at radius 3 is 2.93 bits per heavy atom. The quantitative estimate of drug-likeness (QED) is 0.771. The molecule has 3 heterocycles. The van der Waals surface area contributed by atoms with Gasteiger partial charge in [-0.15, -0.1) is 0 Å². The van der Waals surface area contributed by atoms with Gasteiger partial charge in [0.25, 0.3) is 5.56 Å². The highest BCUT2D eigenvalue weighted by Gasteiger charge is 2.24. The van der Waals surface area contributed by atoms with E-state index in [0.717, 1.165) is 37.2 Å². The van der Waals surface area contributed by atoms with Crippen LogP contribution in [0.15, 0.2) is 59.7 Å². The standard InChI is InChI=1S/C21H21FN4O/c22-18-8-2-1-5-16(18)13-26-10-4-7-17(14-26)19-11-20(27)25-21(24-19)15-6-3-9-23-12-15/h1-3,5-6,8-9,11-12,17H,4,7,10,13-14H2,(H,24,25,27). The molecule has 5 nitrogen and oxygen atoms in total. The van der Waals surface area contributed by atoms with E-state index < -0.39 is 0 Å². The summed E-state index contributed by atoms with van der Waals surface area (Å²) in [5.41, 5.74) is 2.12. The second kappa shape index (κ2) is 7.80. The molecule has 6 heteroatoms. The monoisotopic (exact) mass is 364 g/mol. The molecule has 2 aromatic heterocycles. The Morgan fingerprint density at radius 1 is 1.22 bits per heavy atom. The average Bonchev–Trinajstić information content (AvgIpc) is 2.70. The third-order valence-corrected chi connectivity index (χ3v) is 4.97. The van der Waals surface area contributed by atoms with Gasteiger partial charge in [-0.2, -0.15) is 0 Å². The normalized spacial score (nSPS) is 17.7. The maximum absolute atomic E-state index is 14.0. The molecule has 1 saturated heterocycles. The molecule has 0 amide bonds. The zero-order valence-electron chi connectivity index (χ0n) is 14.9. The van der Waals surface area contributed by atoms with E-state index in [9.17, 15) is 9.18 Å². The summed E-state index contributed by atoms with van der Waals surface area (Å²) in [6.45, 7) is 2.25. The van der Waals surface area contributed by atoms with Gasteiger partial charge in [0.1, 0.15) is 11.6 Å².